The molecule has 0 aliphatic rings. The number of sulfonamides is 1. The van der Waals surface area contributed by atoms with E-state index in [-0.39, 0.29) is 18.9 Å². The Balaban J connectivity index is 1.99. The van der Waals surface area contributed by atoms with E-state index in [9.17, 15) is 18.0 Å². The maximum atomic E-state index is 13.9. The Hall–Kier alpha value is -3.37. The number of halogens is 1. The summed E-state index contributed by atoms with van der Waals surface area (Å²) in [6.45, 7) is 1.98. The Morgan fingerprint density at radius 2 is 1.58 bits per heavy atom. The standard InChI is InChI=1S/C28H32BrN3O5S/c1-4-37-25-16-14-24(15-17-25)32(38(3,35)36)20-27(33)31(19-22-10-12-23(29)13-11-22)26(28(34)30-2)18-21-8-6-5-7-9-21/h5-17,26H,4,18-20H2,1-3H3,(H,30,34). The molecule has 8 nitrogen and oxygen atoms in total. The van der Waals surface area contributed by atoms with Crippen molar-refractivity contribution in [1.82, 2.24) is 10.2 Å². The van der Waals surface area contributed by atoms with Gasteiger partial charge < -0.3 is 15.0 Å². The molecule has 2 amide bonds. The van der Waals surface area contributed by atoms with Crippen LogP contribution in [0.3, 0.4) is 0 Å². The van der Waals surface area contributed by atoms with Crippen LogP contribution in [0.5, 0.6) is 5.75 Å². The Morgan fingerprint density at radius 1 is 0.947 bits per heavy atom. The quantitative estimate of drug-likeness (QED) is 0.338. The molecule has 0 fully saturated rings. The Bertz CT molecular complexity index is 1320. The van der Waals surface area contributed by atoms with E-state index in [0.29, 0.717) is 18.0 Å². The van der Waals surface area contributed by atoms with E-state index in [0.717, 1.165) is 26.2 Å². The van der Waals surface area contributed by atoms with Crippen molar-refractivity contribution >= 4 is 43.5 Å². The number of likely N-dealkylation sites (N-methyl/N-ethyl adjacent to an activating group) is 1. The molecule has 0 radical (unpaired) electrons. The summed E-state index contributed by atoms with van der Waals surface area (Å²) in [6, 6.07) is 22.5. The first-order valence-electron chi connectivity index (χ1n) is 12.1. The number of nitrogens with zero attached hydrogens (tertiary/aromatic N) is 2. The molecule has 0 saturated heterocycles. The first-order valence-corrected chi connectivity index (χ1v) is 14.8. The van der Waals surface area contributed by atoms with Crippen molar-refractivity contribution in [3.8, 4) is 5.75 Å². The predicted molar refractivity (Wildman–Crippen MR) is 152 cm³/mol. The lowest BCUT2D eigenvalue weighted by Crippen LogP contribution is -2.52. The van der Waals surface area contributed by atoms with Crippen LogP contribution in [-0.4, -0.2) is 57.6 Å². The zero-order valence-electron chi connectivity index (χ0n) is 21.6. The predicted octanol–water partition coefficient (Wildman–Crippen LogP) is 4.00. The number of rotatable bonds is 12. The molecule has 0 aromatic heterocycles. The lowest BCUT2D eigenvalue weighted by molar-refractivity contribution is -0.139. The SMILES string of the molecule is CCOc1ccc(N(CC(=O)N(Cc2ccc(Br)cc2)C(Cc2ccccc2)C(=O)NC)S(C)(=O)=O)cc1. The Kier molecular flexibility index (Phi) is 10.3. The van der Waals surface area contributed by atoms with Crippen molar-refractivity contribution in [3.05, 3.63) is 94.5 Å². The zero-order valence-corrected chi connectivity index (χ0v) is 24.0. The number of anilines is 1. The summed E-state index contributed by atoms with van der Waals surface area (Å²) in [5.41, 5.74) is 2.00. The fourth-order valence-electron chi connectivity index (χ4n) is 4.00. The van der Waals surface area contributed by atoms with Crippen molar-refractivity contribution in [1.29, 1.82) is 0 Å². The summed E-state index contributed by atoms with van der Waals surface area (Å²) < 4.78 is 33.0. The number of carbonyl (C=O) groups is 2. The molecule has 0 aliphatic heterocycles. The van der Waals surface area contributed by atoms with Crippen molar-refractivity contribution in [2.24, 2.45) is 0 Å². The molecular weight excluding hydrogens is 570 g/mol. The van der Waals surface area contributed by atoms with Crippen LogP contribution >= 0.6 is 15.9 Å². The number of hydrogen-bond acceptors (Lipinski definition) is 5. The number of carbonyl (C=O) groups excluding carboxylic acids is 2. The van der Waals surface area contributed by atoms with Gasteiger partial charge in [-0.2, -0.15) is 0 Å². The van der Waals surface area contributed by atoms with Crippen molar-refractivity contribution in [2.45, 2.75) is 25.9 Å². The highest BCUT2D eigenvalue weighted by Gasteiger charge is 2.32. The maximum absolute atomic E-state index is 13.9. The van der Waals surface area contributed by atoms with E-state index in [4.69, 9.17) is 4.74 Å². The largest absolute Gasteiger partial charge is 0.494 e. The van der Waals surface area contributed by atoms with Crippen LogP contribution in [0.1, 0.15) is 18.1 Å². The highest BCUT2D eigenvalue weighted by molar-refractivity contribution is 9.10. The van der Waals surface area contributed by atoms with Gasteiger partial charge in [0.2, 0.25) is 21.8 Å². The monoisotopic (exact) mass is 601 g/mol. The highest BCUT2D eigenvalue weighted by Crippen LogP contribution is 2.23. The number of hydrogen-bond donors (Lipinski definition) is 1. The van der Waals surface area contributed by atoms with E-state index < -0.39 is 28.5 Å². The van der Waals surface area contributed by atoms with Crippen LogP contribution in [0.2, 0.25) is 0 Å². The van der Waals surface area contributed by atoms with Crippen LogP contribution in [0.4, 0.5) is 5.69 Å². The average Bonchev–Trinajstić information content (AvgIpc) is 2.90. The molecule has 10 heteroatoms. The Labute approximate surface area is 232 Å². The van der Waals surface area contributed by atoms with E-state index in [2.05, 4.69) is 21.2 Å². The van der Waals surface area contributed by atoms with Crippen molar-refractivity contribution in [3.63, 3.8) is 0 Å². The normalized spacial score (nSPS) is 11.9. The third-order valence-corrected chi connectivity index (χ3v) is 7.57. The molecule has 38 heavy (non-hydrogen) atoms. The minimum atomic E-state index is -3.82. The molecule has 0 bridgehead atoms. The third kappa shape index (κ3) is 8.06. The lowest BCUT2D eigenvalue weighted by atomic mass is 10.0. The maximum Gasteiger partial charge on any atom is 0.244 e. The van der Waals surface area contributed by atoms with Crippen molar-refractivity contribution in [2.75, 3.05) is 30.8 Å². The summed E-state index contributed by atoms with van der Waals surface area (Å²) in [4.78, 5) is 28.4. The number of benzene rings is 3. The van der Waals surface area contributed by atoms with Gasteiger partial charge in [-0.1, -0.05) is 58.4 Å². The molecule has 3 rings (SSSR count). The van der Waals surface area contributed by atoms with E-state index in [1.807, 2.05) is 61.5 Å². The second kappa shape index (κ2) is 13.4. The first kappa shape index (κ1) is 29.2. The topological polar surface area (TPSA) is 96.0 Å². The minimum absolute atomic E-state index is 0.123. The van der Waals surface area contributed by atoms with Gasteiger partial charge in [-0.05, 0) is 54.4 Å². The second-order valence-corrected chi connectivity index (χ2v) is 11.5. The molecule has 3 aromatic rings. The van der Waals surface area contributed by atoms with E-state index >= 15 is 0 Å². The first-order chi connectivity index (χ1) is 18.1. The molecule has 1 atom stereocenters. The van der Waals surface area contributed by atoms with Gasteiger partial charge in [-0.15, -0.1) is 0 Å². The van der Waals surface area contributed by atoms with Crippen LogP contribution in [-0.2, 0) is 32.6 Å². The third-order valence-electron chi connectivity index (χ3n) is 5.90. The smallest absolute Gasteiger partial charge is 0.244 e. The minimum Gasteiger partial charge on any atom is -0.494 e. The van der Waals surface area contributed by atoms with Gasteiger partial charge in [0.25, 0.3) is 0 Å². The van der Waals surface area contributed by atoms with E-state index in [1.54, 1.807) is 24.3 Å². The van der Waals surface area contributed by atoms with Gasteiger partial charge >= 0.3 is 0 Å². The molecule has 0 aliphatic carbocycles. The summed E-state index contributed by atoms with van der Waals surface area (Å²) in [5.74, 6) is -0.251. The molecule has 0 saturated carbocycles. The summed E-state index contributed by atoms with van der Waals surface area (Å²) in [5, 5.41) is 2.66. The molecule has 1 N–H and O–H groups in total. The lowest BCUT2D eigenvalue weighted by Gasteiger charge is -2.33. The van der Waals surface area contributed by atoms with Crippen LogP contribution in [0.25, 0.3) is 0 Å². The van der Waals surface area contributed by atoms with Gasteiger partial charge in [-0.25, -0.2) is 8.42 Å². The fraction of sp³-hybridized carbons (Fsp3) is 0.286. The average molecular weight is 603 g/mol. The summed E-state index contributed by atoms with van der Waals surface area (Å²) in [6.07, 6.45) is 1.32. The summed E-state index contributed by atoms with van der Waals surface area (Å²) in [7, 11) is -2.30. The van der Waals surface area contributed by atoms with E-state index in [1.165, 1.54) is 11.9 Å². The van der Waals surface area contributed by atoms with Gasteiger partial charge in [0.05, 0.1) is 18.6 Å². The zero-order chi connectivity index (χ0) is 27.7. The van der Waals surface area contributed by atoms with Gasteiger partial charge in [0.15, 0.2) is 0 Å². The molecule has 0 spiro atoms. The molecule has 3 aromatic carbocycles. The Morgan fingerprint density at radius 3 is 2.13 bits per heavy atom. The van der Waals surface area contributed by atoms with Gasteiger partial charge in [0, 0.05) is 24.5 Å². The molecule has 202 valence electrons. The van der Waals surface area contributed by atoms with Crippen LogP contribution < -0.4 is 14.4 Å². The van der Waals surface area contributed by atoms with Crippen LogP contribution in [0.15, 0.2) is 83.3 Å². The number of nitrogens with one attached hydrogen (secondary N) is 1. The summed E-state index contributed by atoms with van der Waals surface area (Å²) >= 11 is 3.42. The number of ether oxygens (including phenoxy) is 1. The van der Waals surface area contributed by atoms with Gasteiger partial charge in [-0.3, -0.25) is 13.9 Å². The number of amides is 2. The highest BCUT2D eigenvalue weighted by atomic mass is 79.9. The molecule has 0 heterocycles. The fourth-order valence-corrected chi connectivity index (χ4v) is 5.11. The van der Waals surface area contributed by atoms with Crippen LogP contribution in [0, 0.1) is 0 Å². The van der Waals surface area contributed by atoms with Crippen molar-refractivity contribution < 1.29 is 22.7 Å². The van der Waals surface area contributed by atoms with Gasteiger partial charge in [0.1, 0.15) is 18.3 Å². The second-order valence-electron chi connectivity index (χ2n) is 8.66. The molecular formula is C28H32BrN3O5S. The molecule has 1 unspecified atom stereocenters.